The Labute approximate surface area is 126 Å². The highest BCUT2D eigenvalue weighted by Crippen LogP contribution is 2.21. The summed E-state index contributed by atoms with van der Waals surface area (Å²) in [6, 6.07) is 9.76. The maximum Gasteiger partial charge on any atom is 0.328 e. The number of carbonyl (C=O) groups is 2. The third-order valence-electron chi connectivity index (χ3n) is 3.46. The van der Waals surface area contributed by atoms with Gasteiger partial charge in [-0.3, -0.25) is 4.79 Å². The van der Waals surface area contributed by atoms with E-state index in [0.717, 1.165) is 5.56 Å². The second kappa shape index (κ2) is 5.98. The molecule has 1 amide bonds. The van der Waals surface area contributed by atoms with Crippen LogP contribution in [0.4, 0.5) is 0 Å². The van der Waals surface area contributed by atoms with Crippen LogP contribution in [0.1, 0.15) is 10.5 Å². The maximum absolute atomic E-state index is 12.4. The molecule has 0 bridgehead atoms. The Balaban J connectivity index is 1.83. The van der Waals surface area contributed by atoms with Gasteiger partial charge in [0.15, 0.2) is 17.5 Å². The average molecular weight is 302 g/mol. The minimum Gasteiger partial charge on any atom is -0.480 e. The van der Waals surface area contributed by atoms with Crippen LogP contribution in [0.5, 0.6) is 0 Å². The predicted octanol–water partition coefficient (Wildman–Crippen LogP) is 1.27. The first-order valence-corrected chi connectivity index (χ1v) is 6.80. The second-order valence-electron chi connectivity index (χ2n) is 4.87. The van der Waals surface area contributed by atoms with Crippen molar-refractivity contribution in [3.63, 3.8) is 0 Å². The summed E-state index contributed by atoms with van der Waals surface area (Å²) in [7, 11) is 0. The summed E-state index contributed by atoms with van der Waals surface area (Å²) in [6.07, 6.45) is 0. The summed E-state index contributed by atoms with van der Waals surface area (Å²) in [4.78, 5) is 24.9. The first kappa shape index (κ1) is 14.3. The Morgan fingerprint density at radius 3 is 2.77 bits per heavy atom. The molecule has 1 aliphatic rings. The first-order valence-electron chi connectivity index (χ1n) is 6.80. The van der Waals surface area contributed by atoms with E-state index in [2.05, 4.69) is 5.16 Å². The number of aromatic nitrogens is 1. The molecule has 1 fully saturated rings. The van der Waals surface area contributed by atoms with E-state index in [1.807, 2.05) is 30.3 Å². The summed E-state index contributed by atoms with van der Waals surface area (Å²) in [6.45, 7) is 0.493. The molecule has 1 unspecified atom stereocenters. The largest absolute Gasteiger partial charge is 0.480 e. The number of carbonyl (C=O) groups excluding carboxylic acids is 1. The van der Waals surface area contributed by atoms with Crippen LogP contribution in [0.3, 0.4) is 0 Å². The van der Waals surface area contributed by atoms with Crippen LogP contribution in [-0.4, -0.2) is 52.8 Å². The lowest BCUT2D eigenvalue weighted by molar-refractivity contribution is -0.147. The predicted molar refractivity (Wildman–Crippen MR) is 75.2 cm³/mol. The molecule has 0 spiro atoms. The topological polar surface area (TPSA) is 92.9 Å². The lowest BCUT2D eigenvalue weighted by atomic mass is 10.1. The van der Waals surface area contributed by atoms with E-state index in [9.17, 15) is 9.59 Å². The smallest absolute Gasteiger partial charge is 0.328 e. The summed E-state index contributed by atoms with van der Waals surface area (Å²) in [5.74, 6) is -1.11. The minimum atomic E-state index is -1.10. The lowest BCUT2D eigenvalue weighted by Gasteiger charge is -2.32. The second-order valence-corrected chi connectivity index (χ2v) is 4.87. The number of hydrogen-bond acceptors (Lipinski definition) is 5. The van der Waals surface area contributed by atoms with Gasteiger partial charge in [-0.15, -0.1) is 0 Å². The average Bonchev–Trinajstić information content (AvgIpc) is 3.05. The molecule has 0 aliphatic carbocycles. The molecule has 114 valence electrons. The highest BCUT2D eigenvalue weighted by atomic mass is 16.5. The van der Waals surface area contributed by atoms with Crippen molar-refractivity contribution in [3.05, 3.63) is 42.1 Å². The number of amides is 1. The van der Waals surface area contributed by atoms with E-state index in [4.69, 9.17) is 14.4 Å². The van der Waals surface area contributed by atoms with Gasteiger partial charge >= 0.3 is 5.97 Å². The van der Waals surface area contributed by atoms with E-state index < -0.39 is 17.9 Å². The van der Waals surface area contributed by atoms with Gasteiger partial charge in [-0.25, -0.2) is 4.79 Å². The van der Waals surface area contributed by atoms with Gasteiger partial charge in [-0.05, 0) is 0 Å². The number of benzene rings is 1. The van der Waals surface area contributed by atoms with Gasteiger partial charge in [0.1, 0.15) is 0 Å². The van der Waals surface area contributed by atoms with Crippen LogP contribution in [0, 0.1) is 0 Å². The quantitative estimate of drug-likeness (QED) is 0.917. The van der Waals surface area contributed by atoms with Crippen molar-refractivity contribution in [2.75, 3.05) is 19.8 Å². The van der Waals surface area contributed by atoms with Crippen molar-refractivity contribution in [2.45, 2.75) is 6.04 Å². The molecular weight excluding hydrogens is 288 g/mol. The lowest BCUT2D eigenvalue weighted by Crippen LogP contribution is -2.52. The van der Waals surface area contributed by atoms with Crippen LogP contribution in [0.25, 0.3) is 11.3 Å². The molecule has 7 nitrogen and oxygen atoms in total. The Kier molecular flexibility index (Phi) is 3.88. The van der Waals surface area contributed by atoms with Crippen molar-refractivity contribution in [1.29, 1.82) is 0 Å². The Morgan fingerprint density at radius 1 is 1.27 bits per heavy atom. The number of nitrogens with zero attached hydrogens (tertiary/aromatic N) is 2. The van der Waals surface area contributed by atoms with Crippen molar-refractivity contribution >= 4 is 11.9 Å². The van der Waals surface area contributed by atoms with Gasteiger partial charge < -0.3 is 19.3 Å². The fourth-order valence-corrected chi connectivity index (χ4v) is 2.31. The number of carboxylic acids is 1. The standard InChI is InChI=1S/C15H14N2O5/c18-14(17-6-7-21-9-12(17)15(19)20)11-8-13(22-16-11)10-4-2-1-3-5-10/h1-5,8,12H,6-7,9H2,(H,19,20). The summed E-state index contributed by atoms with van der Waals surface area (Å²) < 4.78 is 10.3. The van der Waals surface area contributed by atoms with Gasteiger partial charge in [0.2, 0.25) is 0 Å². The molecule has 1 aliphatic heterocycles. The van der Waals surface area contributed by atoms with Crippen LogP contribution < -0.4 is 0 Å². The molecule has 1 saturated heterocycles. The third kappa shape index (κ3) is 2.71. The first-order chi connectivity index (χ1) is 10.7. The van der Waals surface area contributed by atoms with Gasteiger partial charge in [-0.1, -0.05) is 35.5 Å². The molecular formula is C15H14N2O5. The van der Waals surface area contributed by atoms with E-state index >= 15 is 0 Å². The zero-order valence-corrected chi connectivity index (χ0v) is 11.6. The Hall–Kier alpha value is -2.67. The molecule has 2 aromatic rings. The minimum absolute atomic E-state index is 0.0233. The Bertz CT molecular complexity index is 682. The van der Waals surface area contributed by atoms with E-state index in [-0.39, 0.29) is 18.8 Å². The number of hydrogen-bond donors (Lipinski definition) is 1. The SMILES string of the molecule is O=C(O)C1COCCN1C(=O)c1cc(-c2ccccc2)on1. The third-order valence-corrected chi connectivity index (χ3v) is 3.46. The number of ether oxygens (including phenoxy) is 1. The van der Waals surface area contributed by atoms with E-state index in [0.29, 0.717) is 12.4 Å². The van der Waals surface area contributed by atoms with E-state index in [1.165, 1.54) is 11.0 Å². The number of rotatable bonds is 3. The van der Waals surface area contributed by atoms with Crippen LogP contribution in [0.15, 0.2) is 40.9 Å². The molecule has 1 aromatic heterocycles. The molecule has 7 heteroatoms. The highest BCUT2D eigenvalue weighted by molar-refractivity contribution is 5.95. The summed E-state index contributed by atoms with van der Waals surface area (Å²) in [5, 5.41) is 12.9. The van der Waals surface area contributed by atoms with Crippen molar-refractivity contribution < 1.29 is 24.0 Å². The molecule has 1 atom stereocenters. The zero-order valence-electron chi connectivity index (χ0n) is 11.6. The number of aliphatic carboxylic acids is 1. The van der Waals surface area contributed by atoms with Crippen molar-refractivity contribution in [2.24, 2.45) is 0 Å². The van der Waals surface area contributed by atoms with Crippen molar-refractivity contribution in [3.8, 4) is 11.3 Å². The van der Waals surface area contributed by atoms with Crippen LogP contribution in [0.2, 0.25) is 0 Å². The molecule has 1 aromatic carbocycles. The maximum atomic E-state index is 12.4. The highest BCUT2D eigenvalue weighted by Gasteiger charge is 2.34. The van der Waals surface area contributed by atoms with E-state index in [1.54, 1.807) is 0 Å². The number of morpholine rings is 1. The van der Waals surface area contributed by atoms with Crippen LogP contribution in [-0.2, 0) is 9.53 Å². The normalized spacial score (nSPS) is 18.2. The summed E-state index contributed by atoms with van der Waals surface area (Å²) >= 11 is 0. The van der Waals surface area contributed by atoms with Gasteiger partial charge in [0.05, 0.1) is 13.2 Å². The summed E-state index contributed by atoms with van der Waals surface area (Å²) in [5.41, 5.74) is 0.887. The van der Waals surface area contributed by atoms with Gasteiger partial charge in [-0.2, -0.15) is 0 Å². The van der Waals surface area contributed by atoms with Crippen LogP contribution >= 0.6 is 0 Å². The fourth-order valence-electron chi connectivity index (χ4n) is 2.31. The fraction of sp³-hybridized carbons (Fsp3) is 0.267. The Morgan fingerprint density at radius 2 is 2.05 bits per heavy atom. The molecule has 0 radical (unpaired) electrons. The monoisotopic (exact) mass is 302 g/mol. The zero-order chi connectivity index (χ0) is 15.5. The molecule has 0 saturated carbocycles. The van der Waals surface area contributed by atoms with Gasteiger partial charge in [0, 0.05) is 18.2 Å². The van der Waals surface area contributed by atoms with Crippen molar-refractivity contribution in [1.82, 2.24) is 10.1 Å². The molecule has 3 rings (SSSR count). The molecule has 22 heavy (non-hydrogen) atoms. The molecule has 2 heterocycles. The van der Waals surface area contributed by atoms with Gasteiger partial charge in [0.25, 0.3) is 5.91 Å². The number of carboxylic acid groups (broad SMARTS) is 1. The molecule has 1 N–H and O–H groups in total.